The Hall–Kier alpha value is -3.12. The van der Waals surface area contributed by atoms with Crippen LogP contribution in [-0.4, -0.2) is 53.4 Å². The van der Waals surface area contributed by atoms with E-state index in [0.29, 0.717) is 11.3 Å². The van der Waals surface area contributed by atoms with Crippen LogP contribution in [0.1, 0.15) is 48.9 Å². The zero-order chi connectivity index (χ0) is 23.3. The first-order valence-corrected chi connectivity index (χ1v) is 12.5. The Morgan fingerprint density at radius 3 is 2.38 bits per heavy atom. The van der Waals surface area contributed by atoms with Gasteiger partial charge in [-0.15, -0.1) is 0 Å². The molecule has 2 heterocycles. The van der Waals surface area contributed by atoms with E-state index < -0.39 is 0 Å². The summed E-state index contributed by atoms with van der Waals surface area (Å²) < 4.78 is 7.09. The summed E-state index contributed by atoms with van der Waals surface area (Å²) in [6.07, 6.45) is 9.41. The van der Waals surface area contributed by atoms with Crippen LogP contribution >= 0.6 is 0 Å². The number of nitrogens with zero attached hydrogens (tertiary/aromatic N) is 3. The van der Waals surface area contributed by atoms with E-state index in [1.165, 1.54) is 32.2 Å². The Kier molecular flexibility index (Phi) is 6.95. The number of methoxy groups -OCH3 is 1. The summed E-state index contributed by atoms with van der Waals surface area (Å²) in [4.78, 5) is 16.0. The number of carbonyl (C=O) groups is 1. The maximum Gasteiger partial charge on any atom is 0.255 e. The van der Waals surface area contributed by atoms with Crippen LogP contribution in [0.5, 0.6) is 5.75 Å². The normalized spacial score (nSPS) is 17.7. The number of piperidine rings is 1. The quantitative estimate of drug-likeness (QED) is 0.545. The molecule has 0 spiro atoms. The predicted octanol–water partition coefficient (Wildman–Crippen LogP) is 4.93. The first-order valence-electron chi connectivity index (χ1n) is 12.5. The number of aromatic nitrogens is 2. The van der Waals surface area contributed by atoms with Gasteiger partial charge in [-0.3, -0.25) is 4.79 Å². The van der Waals surface area contributed by atoms with Crippen LogP contribution in [0.15, 0.2) is 60.8 Å². The van der Waals surface area contributed by atoms with Crippen LogP contribution in [0, 0.1) is 5.92 Å². The van der Waals surface area contributed by atoms with Gasteiger partial charge in [0.15, 0.2) is 0 Å². The number of likely N-dealkylation sites (tertiary alicyclic amines) is 1. The zero-order valence-electron chi connectivity index (χ0n) is 20.0. The molecule has 0 radical (unpaired) electrons. The highest BCUT2D eigenvalue weighted by Gasteiger charge is 2.26. The van der Waals surface area contributed by atoms with E-state index in [1.54, 1.807) is 11.8 Å². The van der Waals surface area contributed by atoms with Crippen molar-refractivity contribution in [3.63, 3.8) is 0 Å². The van der Waals surface area contributed by atoms with Gasteiger partial charge in [0.05, 0.1) is 18.4 Å². The molecule has 2 aliphatic rings. The molecular formula is C28H34N4O2. The third kappa shape index (κ3) is 5.17. The molecule has 5 rings (SSSR count). The summed E-state index contributed by atoms with van der Waals surface area (Å²) in [6.45, 7) is 3.36. The third-order valence-corrected chi connectivity index (χ3v) is 7.26. The minimum absolute atomic E-state index is 0.0535. The molecule has 2 fully saturated rings. The van der Waals surface area contributed by atoms with Gasteiger partial charge in [-0.2, -0.15) is 5.10 Å². The standard InChI is InChI=1S/C28H34N4O2/c1-34-25-13-11-22(12-14-25)27-26(20-32(30-27)24-9-3-2-4-10-24)28(33)29-23-15-17-31(18-16-23)19-21-7-5-6-8-21/h2-4,9-14,20-21,23H,5-8,15-19H2,1H3,(H,29,33). The van der Waals surface area contributed by atoms with Crippen LogP contribution in [-0.2, 0) is 0 Å². The van der Waals surface area contributed by atoms with E-state index in [0.717, 1.165) is 48.8 Å². The predicted molar refractivity (Wildman–Crippen MR) is 134 cm³/mol. The SMILES string of the molecule is COc1ccc(-c2nn(-c3ccccc3)cc2C(=O)NC2CCN(CC3CCCC3)CC2)cc1. The van der Waals surface area contributed by atoms with Crippen LogP contribution in [0.2, 0.25) is 0 Å². The average Bonchev–Trinajstić information content (AvgIpc) is 3.56. The first kappa shape index (κ1) is 22.7. The van der Waals surface area contributed by atoms with E-state index in [1.807, 2.05) is 60.8 Å². The van der Waals surface area contributed by atoms with Crippen LogP contribution in [0.25, 0.3) is 16.9 Å². The van der Waals surface area contributed by atoms with Gasteiger partial charge in [-0.1, -0.05) is 31.0 Å². The largest absolute Gasteiger partial charge is 0.497 e. The number of ether oxygens (including phenoxy) is 1. The Labute approximate surface area is 201 Å². The number of para-hydroxylation sites is 1. The summed E-state index contributed by atoms with van der Waals surface area (Å²) in [7, 11) is 1.65. The lowest BCUT2D eigenvalue weighted by Gasteiger charge is -2.33. The molecule has 0 bridgehead atoms. The second kappa shape index (κ2) is 10.4. The van der Waals surface area contributed by atoms with Gasteiger partial charge in [0.2, 0.25) is 0 Å². The lowest BCUT2D eigenvalue weighted by Crippen LogP contribution is -2.45. The van der Waals surface area contributed by atoms with E-state index in [4.69, 9.17) is 9.84 Å². The van der Waals surface area contributed by atoms with Gasteiger partial charge in [0, 0.05) is 37.4 Å². The van der Waals surface area contributed by atoms with Crippen molar-refractivity contribution in [2.24, 2.45) is 5.92 Å². The van der Waals surface area contributed by atoms with E-state index in [2.05, 4.69) is 10.2 Å². The van der Waals surface area contributed by atoms with Gasteiger partial charge in [0.1, 0.15) is 11.4 Å². The van der Waals surface area contributed by atoms with Crippen molar-refractivity contribution in [1.82, 2.24) is 20.0 Å². The van der Waals surface area contributed by atoms with Crippen molar-refractivity contribution < 1.29 is 9.53 Å². The van der Waals surface area contributed by atoms with Crippen molar-refractivity contribution in [2.75, 3.05) is 26.7 Å². The summed E-state index contributed by atoms with van der Waals surface area (Å²) in [5, 5.41) is 8.10. The molecule has 2 aromatic carbocycles. The molecule has 1 N–H and O–H groups in total. The fraction of sp³-hybridized carbons (Fsp3) is 0.429. The number of nitrogens with one attached hydrogen (secondary N) is 1. The van der Waals surface area contributed by atoms with Gasteiger partial charge in [0.25, 0.3) is 5.91 Å². The van der Waals surface area contributed by atoms with Gasteiger partial charge >= 0.3 is 0 Å². The lowest BCUT2D eigenvalue weighted by molar-refractivity contribution is 0.0906. The van der Waals surface area contributed by atoms with Crippen molar-refractivity contribution >= 4 is 5.91 Å². The first-order chi connectivity index (χ1) is 16.7. The minimum Gasteiger partial charge on any atom is -0.497 e. The number of hydrogen-bond donors (Lipinski definition) is 1. The molecule has 178 valence electrons. The highest BCUT2D eigenvalue weighted by Crippen LogP contribution is 2.28. The smallest absolute Gasteiger partial charge is 0.255 e. The maximum atomic E-state index is 13.4. The molecule has 1 amide bonds. The molecule has 1 aliphatic heterocycles. The molecule has 1 aromatic heterocycles. The van der Waals surface area contributed by atoms with Crippen molar-refractivity contribution in [2.45, 2.75) is 44.6 Å². The summed E-state index contributed by atoms with van der Waals surface area (Å²) >= 11 is 0. The summed E-state index contributed by atoms with van der Waals surface area (Å²) in [5.74, 6) is 1.60. The molecule has 6 heteroatoms. The van der Waals surface area contributed by atoms with Gasteiger partial charge < -0.3 is 15.0 Å². The molecular weight excluding hydrogens is 424 g/mol. The van der Waals surface area contributed by atoms with E-state index in [-0.39, 0.29) is 11.9 Å². The third-order valence-electron chi connectivity index (χ3n) is 7.26. The highest BCUT2D eigenvalue weighted by atomic mass is 16.5. The summed E-state index contributed by atoms with van der Waals surface area (Å²) in [6, 6.07) is 17.8. The summed E-state index contributed by atoms with van der Waals surface area (Å²) in [5.41, 5.74) is 3.11. The number of rotatable bonds is 7. The number of hydrogen-bond acceptors (Lipinski definition) is 4. The second-order valence-corrected chi connectivity index (χ2v) is 9.60. The highest BCUT2D eigenvalue weighted by molar-refractivity contribution is 6.00. The second-order valence-electron chi connectivity index (χ2n) is 9.60. The lowest BCUT2D eigenvalue weighted by atomic mass is 10.0. The zero-order valence-corrected chi connectivity index (χ0v) is 20.0. The Morgan fingerprint density at radius 1 is 1.00 bits per heavy atom. The molecule has 1 saturated carbocycles. The Balaban J connectivity index is 1.31. The Morgan fingerprint density at radius 2 is 1.71 bits per heavy atom. The molecule has 6 nitrogen and oxygen atoms in total. The Bertz CT molecular complexity index is 1080. The van der Waals surface area contributed by atoms with Crippen LogP contribution < -0.4 is 10.1 Å². The molecule has 1 aliphatic carbocycles. The van der Waals surface area contributed by atoms with Gasteiger partial charge in [-0.25, -0.2) is 4.68 Å². The molecule has 34 heavy (non-hydrogen) atoms. The number of benzene rings is 2. The monoisotopic (exact) mass is 458 g/mol. The molecule has 0 unspecified atom stereocenters. The van der Waals surface area contributed by atoms with Crippen LogP contribution in [0.4, 0.5) is 0 Å². The topological polar surface area (TPSA) is 59.4 Å². The number of amides is 1. The minimum atomic E-state index is -0.0535. The molecule has 3 aromatic rings. The maximum absolute atomic E-state index is 13.4. The molecule has 1 saturated heterocycles. The van der Waals surface area contributed by atoms with Crippen molar-refractivity contribution in [3.05, 3.63) is 66.4 Å². The van der Waals surface area contributed by atoms with E-state index in [9.17, 15) is 4.79 Å². The van der Waals surface area contributed by atoms with Crippen molar-refractivity contribution in [3.8, 4) is 22.7 Å². The fourth-order valence-electron chi connectivity index (χ4n) is 5.30. The molecule has 0 atom stereocenters. The van der Waals surface area contributed by atoms with Gasteiger partial charge in [-0.05, 0) is 68.0 Å². The number of carbonyl (C=O) groups excluding carboxylic acids is 1. The van der Waals surface area contributed by atoms with Crippen LogP contribution in [0.3, 0.4) is 0 Å². The van der Waals surface area contributed by atoms with Crippen molar-refractivity contribution in [1.29, 1.82) is 0 Å². The van der Waals surface area contributed by atoms with E-state index >= 15 is 0 Å². The fourth-order valence-corrected chi connectivity index (χ4v) is 5.30. The average molecular weight is 459 g/mol.